The zero-order valence-corrected chi connectivity index (χ0v) is 25.1. The van der Waals surface area contributed by atoms with Gasteiger partial charge in [0.05, 0.1) is 0 Å². The molecule has 4 aromatic rings. The minimum Gasteiger partial charge on any atom is -0.0900 e. The van der Waals surface area contributed by atoms with Crippen LogP contribution in [0.15, 0.2) is 121 Å². The SMILES string of the molecule is [Ir].c1ccc(PCCPc2ccccc2)cc1.c1ccc(PCCPc2ccccc2)cc1. The summed E-state index contributed by atoms with van der Waals surface area (Å²) < 4.78 is 0. The van der Waals surface area contributed by atoms with Crippen LogP contribution in [0.4, 0.5) is 0 Å². The smallest absolute Gasteiger partial charge is 0 e. The molecular formula is C28H32IrP4. The van der Waals surface area contributed by atoms with Crippen LogP contribution in [0, 0.1) is 0 Å². The minimum atomic E-state index is 0. The summed E-state index contributed by atoms with van der Waals surface area (Å²) in [6, 6.07) is 43.2. The van der Waals surface area contributed by atoms with E-state index in [4.69, 9.17) is 0 Å². The molecule has 0 N–H and O–H groups in total. The summed E-state index contributed by atoms with van der Waals surface area (Å²) in [5.41, 5.74) is 0. The maximum absolute atomic E-state index is 2.23. The van der Waals surface area contributed by atoms with E-state index < -0.39 is 0 Å². The minimum absolute atomic E-state index is 0. The van der Waals surface area contributed by atoms with Crippen molar-refractivity contribution in [2.75, 3.05) is 24.6 Å². The van der Waals surface area contributed by atoms with Gasteiger partial charge in [-0.05, 0) is 45.9 Å². The van der Waals surface area contributed by atoms with Gasteiger partial charge in [0, 0.05) is 20.1 Å². The second-order valence-electron chi connectivity index (χ2n) is 7.17. The summed E-state index contributed by atoms with van der Waals surface area (Å²) in [5.74, 6) is 0. The predicted molar refractivity (Wildman–Crippen MR) is 157 cm³/mol. The van der Waals surface area contributed by atoms with Crippen LogP contribution in [0.1, 0.15) is 0 Å². The van der Waals surface area contributed by atoms with Crippen LogP contribution in [0.3, 0.4) is 0 Å². The summed E-state index contributed by atoms with van der Waals surface area (Å²) in [6.07, 6.45) is 5.27. The summed E-state index contributed by atoms with van der Waals surface area (Å²) in [7, 11) is 3.85. The molecule has 0 heterocycles. The van der Waals surface area contributed by atoms with Gasteiger partial charge in [-0.1, -0.05) is 156 Å². The van der Waals surface area contributed by atoms with Crippen molar-refractivity contribution in [3.05, 3.63) is 121 Å². The van der Waals surface area contributed by atoms with Crippen molar-refractivity contribution in [1.82, 2.24) is 0 Å². The molecule has 0 nitrogen and oxygen atoms in total. The van der Waals surface area contributed by atoms with Gasteiger partial charge >= 0.3 is 0 Å². The second kappa shape index (κ2) is 18.6. The van der Waals surface area contributed by atoms with E-state index in [9.17, 15) is 0 Å². The molecular weight excluding hydrogens is 652 g/mol. The first kappa shape index (κ1) is 28.5. The van der Waals surface area contributed by atoms with Crippen LogP contribution >= 0.6 is 34.3 Å². The molecule has 0 aliphatic carbocycles. The Morgan fingerprint density at radius 3 is 0.667 bits per heavy atom. The maximum Gasteiger partial charge on any atom is 0 e. The summed E-state index contributed by atoms with van der Waals surface area (Å²) in [4.78, 5) is 0. The van der Waals surface area contributed by atoms with Crippen molar-refractivity contribution >= 4 is 55.5 Å². The zero-order chi connectivity index (χ0) is 22.1. The molecule has 4 unspecified atom stereocenters. The Labute approximate surface area is 220 Å². The van der Waals surface area contributed by atoms with Crippen LogP contribution in [0.5, 0.6) is 0 Å². The first-order valence-corrected chi connectivity index (χ1v) is 15.9. The van der Waals surface area contributed by atoms with Gasteiger partial charge in [-0.15, -0.1) is 0 Å². The number of hydrogen-bond acceptors (Lipinski definition) is 0. The third-order valence-corrected chi connectivity index (χ3v) is 10.6. The van der Waals surface area contributed by atoms with Crippen LogP contribution in [-0.2, 0) is 20.1 Å². The van der Waals surface area contributed by atoms with Gasteiger partial charge in [-0.25, -0.2) is 0 Å². The molecule has 0 saturated heterocycles. The van der Waals surface area contributed by atoms with E-state index in [0.717, 1.165) is 34.3 Å². The Morgan fingerprint density at radius 1 is 0.303 bits per heavy atom. The standard InChI is InChI=1S/2C14H16P2.Ir/c2*1-3-7-13(8-4-1)15-11-12-16-14-9-5-2-6-10-14;/h2*1-10,15-16H,11-12H2;. The van der Waals surface area contributed by atoms with Gasteiger partial charge < -0.3 is 0 Å². The molecule has 0 aliphatic heterocycles. The summed E-state index contributed by atoms with van der Waals surface area (Å²) >= 11 is 0. The summed E-state index contributed by atoms with van der Waals surface area (Å²) in [5, 5.41) is 5.95. The van der Waals surface area contributed by atoms with E-state index in [1.54, 1.807) is 0 Å². The van der Waals surface area contributed by atoms with E-state index in [0.29, 0.717) is 0 Å². The average molecular weight is 685 g/mol. The number of hydrogen-bond donors (Lipinski definition) is 0. The van der Waals surface area contributed by atoms with Gasteiger partial charge in [0.15, 0.2) is 0 Å². The van der Waals surface area contributed by atoms with Gasteiger partial charge in [0.1, 0.15) is 0 Å². The molecule has 0 saturated carbocycles. The molecule has 33 heavy (non-hydrogen) atoms. The fourth-order valence-electron chi connectivity index (χ4n) is 3.05. The number of rotatable bonds is 10. The molecule has 1 radical (unpaired) electrons. The summed E-state index contributed by atoms with van der Waals surface area (Å²) in [6.45, 7) is 0. The second-order valence-corrected chi connectivity index (χ2v) is 12.9. The molecule has 0 fully saturated rings. The van der Waals surface area contributed by atoms with Gasteiger partial charge in [-0.2, -0.15) is 0 Å². The molecule has 4 rings (SSSR count). The molecule has 0 aromatic heterocycles. The monoisotopic (exact) mass is 685 g/mol. The Hall–Kier alpha value is -0.751. The van der Waals surface area contributed by atoms with E-state index >= 15 is 0 Å². The fourth-order valence-corrected chi connectivity index (χ4v) is 7.92. The van der Waals surface area contributed by atoms with Crippen LogP contribution in [0.2, 0.25) is 0 Å². The van der Waals surface area contributed by atoms with Crippen LogP contribution in [0.25, 0.3) is 0 Å². The van der Waals surface area contributed by atoms with Gasteiger partial charge in [-0.3, -0.25) is 0 Å². The van der Waals surface area contributed by atoms with E-state index in [1.165, 1.54) is 45.9 Å². The quantitative estimate of drug-likeness (QED) is 0.142. The number of benzene rings is 4. The molecule has 173 valence electrons. The normalized spacial score (nSPS) is 11.4. The molecule has 0 spiro atoms. The average Bonchev–Trinajstić information content (AvgIpc) is 2.88. The van der Waals surface area contributed by atoms with Crippen molar-refractivity contribution < 1.29 is 20.1 Å². The fraction of sp³-hybridized carbons (Fsp3) is 0.143. The molecule has 0 amide bonds. The van der Waals surface area contributed by atoms with Gasteiger partial charge in [0.25, 0.3) is 0 Å². The third kappa shape index (κ3) is 13.1. The Morgan fingerprint density at radius 2 is 0.485 bits per heavy atom. The van der Waals surface area contributed by atoms with Gasteiger partial charge in [0.2, 0.25) is 0 Å². The molecule has 5 heteroatoms. The van der Waals surface area contributed by atoms with E-state index in [2.05, 4.69) is 121 Å². The van der Waals surface area contributed by atoms with Crippen LogP contribution < -0.4 is 21.2 Å². The molecule has 0 aliphatic rings. The van der Waals surface area contributed by atoms with Crippen molar-refractivity contribution in [3.63, 3.8) is 0 Å². The Kier molecular flexibility index (Phi) is 16.0. The molecule has 4 aromatic carbocycles. The zero-order valence-electron chi connectivity index (χ0n) is 18.7. The predicted octanol–water partition coefficient (Wildman–Crippen LogP) is 5.99. The Bertz CT molecular complexity index is 802. The first-order valence-electron chi connectivity index (χ1n) is 11.1. The van der Waals surface area contributed by atoms with Crippen LogP contribution in [-0.4, -0.2) is 24.6 Å². The molecule has 0 bridgehead atoms. The molecule has 4 atom stereocenters. The van der Waals surface area contributed by atoms with Crippen molar-refractivity contribution in [2.45, 2.75) is 0 Å². The third-order valence-electron chi connectivity index (χ3n) is 4.66. The van der Waals surface area contributed by atoms with Crippen molar-refractivity contribution in [3.8, 4) is 0 Å². The maximum atomic E-state index is 2.23. The van der Waals surface area contributed by atoms with Crippen molar-refractivity contribution in [1.29, 1.82) is 0 Å². The van der Waals surface area contributed by atoms with E-state index in [-0.39, 0.29) is 20.1 Å². The first-order chi connectivity index (χ1) is 15.9. The Balaban J connectivity index is 0.000000227. The largest absolute Gasteiger partial charge is 0.0900 e. The topological polar surface area (TPSA) is 0 Å². The van der Waals surface area contributed by atoms with E-state index in [1.807, 2.05) is 0 Å². The van der Waals surface area contributed by atoms with Crippen molar-refractivity contribution in [2.24, 2.45) is 0 Å².